The van der Waals surface area contributed by atoms with Crippen LogP contribution in [-0.4, -0.2) is 18.4 Å². The number of carbonyl (C=O) groups is 2. The number of anilines is 1. The van der Waals surface area contributed by atoms with Crippen LogP contribution in [0.5, 0.6) is 0 Å². The average Bonchev–Trinajstić information content (AvgIpc) is 3.16. The van der Waals surface area contributed by atoms with Crippen LogP contribution in [0.15, 0.2) is 48.5 Å². The summed E-state index contributed by atoms with van der Waals surface area (Å²) in [5, 5.41) is 5.74. The van der Waals surface area contributed by atoms with Crippen LogP contribution in [-0.2, 0) is 11.3 Å². The highest BCUT2D eigenvalue weighted by molar-refractivity contribution is 6.04. The van der Waals surface area contributed by atoms with Crippen LogP contribution < -0.4 is 16.4 Å². The summed E-state index contributed by atoms with van der Waals surface area (Å²) in [4.78, 5) is 24.5. The van der Waals surface area contributed by atoms with Crippen LogP contribution in [0.3, 0.4) is 0 Å². The first-order chi connectivity index (χ1) is 13.1. The molecule has 0 bridgehead atoms. The molecule has 2 atom stereocenters. The molecule has 1 saturated carbocycles. The number of rotatable bonds is 6. The van der Waals surface area contributed by atoms with E-state index in [0.29, 0.717) is 24.3 Å². The Kier molecular flexibility index (Phi) is 6.19. The fourth-order valence-electron chi connectivity index (χ4n) is 3.49. The van der Waals surface area contributed by atoms with Crippen molar-refractivity contribution in [3.05, 3.63) is 65.5 Å². The van der Waals surface area contributed by atoms with Gasteiger partial charge in [0.05, 0.1) is 0 Å². The van der Waals surface area contributed by atoms with E-state index in [1.54, 1.807) is 12.1 Å². The van der Waals surface area contributed by atoms with Crippen molar-refractivity contribution < 1.29 is 14.0 Å². The lowest BCUT2D eigenvalue weighted by molar-refractivity contribution is -0.126. The lowest BCUT2D eigenvalue weighted by Gasteiger charge is -2.17. The number of hydrogen-bond acceptors (Lipinski definition) is 3. The molecular weight excluding hydrogens is 345 g/mol. The van der Waals surface area contributed by atoms with Crippen molar-refractivity contribution >= 4 is 17.5 Å². The van der Waals surface area contributed by atoms with Crippen LogP contribution in [0.1, 0.15) is 35.2 Å². The Morgan fingerprint density at radius 1 is 1.04 bits per heavy atom. The Hall–Kier alpha value is -2.73. The third-order valence-electron chi connectivity index (χ3n) is 5.08. The van der Waals surface area contributed by atoms with E-state index in [9.17, 15) is 14.0 Å². The van der Waals surface area contributed by atoms with Gasteiger partial charge in [0.2, 0.25) is 5.91 Å². The Balaban J connectivity index is 1.52. The van der Waals surface area contributed by atoms with Crippen molar-refractivity contribution in [2.45, 2.75) is 25.8 Å². The highest BCUT2D eigenvalue weighted by Crippen LogP contribution is 2.31. The van der Waals surface area contributed by atoms with Crippen LogP contribution >= 0.6 is 0 Å². The smallest absolute Gasteiger partial charge is 0.255 e. The first-order valence-electron chi connectivity index (χ1n) is 9.20. The zero-order valence-corrected chi connectivity index (χ0v) is 15.1. The zero-order valence-electron chi connectivity index (χ0n) is 15.1. The van der Waals surface area contributed by atoms with Gasteiger partial charge >= 0.3 is 0 Å². The van der Waals surface area contributed by atoms with Gasteiger partial charge < -0.3 is 16.4 Å². The Bertz CT molecular complexity index is 790. The van der Waals surface area contributed by atoms with Crippen molar-refractivity contribution in [1.29, 1.82) is 0 Å². The Morgan fingerprint density at radius 2 is 1.74 bits per heavy atom. The molecule has 1 aliphatic carbocycles. The first-order valence-corrected chi connectivity index (χ1v) is 9.20. The van der Waals surface area contributed by atoms with Gasteiger partial charge in [-0.15, -0.1) is 0 Å². The number of amides is 2. The van der Waals surface area contributed by atoms with Crippen molar-refractivity contribution in [3.63, 3.8) is 0 Å². The molecule has 0 radical (unpaired) electrons. The lowest BCUT2D eigenvalue weighted by Crippen LogP contribution is -2.34. The third kappa shape index (κ3) is 4.92. The van der Waals surface area contributed by atoms with E-state index in [1.807, 2.05) is 12.1 Å². The summed E-state index contributed by atoms with van der Waals surface area (Å²) in [6.07, 6.45) is 2.99. The summed E-state index contributed by atoms with van der Waals surface area (Å²) in [5.41, 5.74) is 7.72. The number of hydrogen-bond donors (Lipinski definition) is 3. The van der Waals surface area contributed by atoms with E-state index >= 15 is 0 Å². The van der Waals surface area contributed by atoms with Gasteiger partial charge in [0.25, 0.3) is 5.91 Å². The quantitative estimate of drug-likeness (QED) is 0.732. The molecule has 1 aliphatic rings. The van der Waals surface area contributed by atoms with Gasteiger partial charge in [0.1, 0.15) is 5.82 Å². The minimum absolute atomic E-state index is 0.0178. The van der Waals surface area contributed by atoms with Crippen LogP contribution in [0.2, 0.25) is 0 Å². The van der Waals surface area contributed by atoms with Crippen LogP contribution in [0.25, 0.3) is 0 Å². The van der Waals surface area contributed by atoms with Crippen molar-refractivity contribution in [3.8, 4) is 0 Å². The number of nitrogens with one attached hydrogen (secondary N) is 2. The number of halogens is 1. The minimum Gasteiger partial charge on any atom is -0.352 e. The van der Waals surface area contributed by atoms with E-state index in [1.165, 1.54) is 24.3 Å². The van der Waals surface area contributed by atoms with Gasteiger partial charge in [-0.3, -0.25) is 9.59 Å². The number of carbonyl (C=O) groups excluding carboxylic acids is 2. The maximum Gasteiger partial charge on any atom is 0.255 e. The molecule has 3 rings (SSSR count). The molecule has 2 aromatic carbocycles. The molecule has 0 unspecified atom stereocenters. The SMILES string of the molecule is NC[C@H]1CCC[C@H]1C(=O)NCc1ccc(NC(=O)c2ccc(F)cc2)cc1. The fraction of sp³-hybridized carbons (Fsp3) is 0.333. The first kappa shape index (κ1) is 19.0. The maximum absolute atomic E-state index is 12.9. The summed E-state index contributed by atoms with van der Waals surface area (Å²) in [7, 11) is 0. The van der Waals surface area contributed by atoms with Gasteiger partial charge in [0, 0.05) is 23.7 Å². The van der Waals surface area contributed by atoms with Crippen LogP contribution in [0.4, 0.5) is 10.1 Å². The van der Waals surface area contributed by atoms with Gasteiger partial charge in [0.15, 0.2) is 0 Å². The highest BCUT2D eigenvalue weighted by Gasteiger charge is 2.31. The van der Waals surface area contributed by atoms with E-state index in [0.717, 1.165) is 24.8 Å². The summed E-state index contributed by atoms with van der Waals surface area (Å²) in [6.45, 7) is 0.999. The van der Waals surface area contributed by atoms with Crippen LogP contribution in [0, 0.1) is 17.7 Å². The van der Waals surface area contributed by atoms with Gasteiger partial charge in [-0.2, -0.15) is 0 Å². The molecule has 0 heterocycles. The Morgan fingerprint density at radius 3 is 2.41 bits per heavy atom. The molecule has 6 heteroatoms. The topological polar surface area (TPSA) is 84.2 Å². The van der Waals surface area contributed by atoms with Gasteiger partial charge in [-0.25, -0.2) is 4.39 Å². The molecule has 0 saturated heterocycles. The van der Waals surface area contributed by atoms with Crippen molar-refractivity contribution in [2.24, 2.45) is 17.6 Å². The number of benzene rings is 2. The summed E-state index contributed by atoms with van der Waals surface area (Å²) < 4.78 is 12.9. The second-order valence-corrected chi connectivity index (χ2v) is 6.91. The molecule has 1 fully saturated rings. The van der Waals surface area contributed by atoms with E-state index in [-0.39, 0.29) is 29.5 Å². The molecule has 5 nitrogen and oxygen atoms in total. The van der Waals surface area contributed by atoms with Gasteiger partial charge in [-0.05, 0) is 67.3 Å². The number of nitrogens with two attached hydrogens (primary N) is 1. The molecule has 142 valence electrons. The minimum atomic E-state index is -0.381. The molecule has 2 amide bonds. The molecule has 0 aromatic heterocycles. The molecule has 4 N–H and O–H groups in total. The monoisotopic (exact) mass is 369 g/mol. The van der Waals surface area contributed by atoms with Gasteiger partial charge in [-0.1, -0.05) is 18.6 Å². The van der Waals surface area contributed by atoms with E-state index in [2.05, 4.69) is 10.6 Å². The normalized spacial score (nSPS) is 18.9. The average molecular weight is 369 g/mol. The third-order valence-corrected chi connectivity index (χ3v) is 5.08. The second kappa shape index (κ2) is 8.77. The Labute approximate surface area is 158 Å². The standard InChI is InChI=1S/C21H24FN3O2/c22-17-8-6-15(7-9-17)20(26)25-18-10-4-14(5-11-18)13-24-21(27)19-3-1-2-16(19)12-23/h4-11,16,19H,1-3,12-13,23H2,(H,24,27)(H,25,26)/t16-,19-/m1/s1. The van der Waals surface area contributed by atoms with Crippen molar-refractivity contribution in [2.75, 3.05) is 11.9 Å². The maximum atomic E-state index is 12.9. The van der Waals surface area contributed by atoms with E-state index in [4.69, 9.17) is 5.73 Å². The zero-order chi connectivity index (χ0) is 19.2. The predicted octanol–water partition coefficient (Wildman–Crippen LogP) is 3.07. The molecule has 2 aromatic rings. The summed E-state index contributed by atoms with van der Waals surface area (Å²) >= 11 is 0. The van der Waals surface area contributed by atoms with Crippen molar-refractivity contribution in [1.82, 2.24) is 5.32 Å². The molecule has 0 aliphatic heterocycles. The van der Waals surface area contributed by atoms with E-state index < -0.39 is 0 Å². The molecule has 0 spiro atoms. The molecule has 27 heavy (non-hydrogen) atoms. The largest absolute Gasteiger partial charge is 0.352 e. The predicted molar refractivity (Wildman–Crippen MR) is 103 cm³/mol. The molecular formula is C21H24FN3O2. The highest BCUT2D eigenvalue weighted by atomic mass is 19.1. The lowest BCUT2D eigenvalue weighted by atomic mass is 9.95. The summed E-state index contributed by atoms with van der Waals surface area (Å²) in [6, 6.07) is 12.6. The fourth-order valence-corrected chi connectivity index (χ4v) is 3.49. The summed E-state index contributed by atoms with van der Waals surface area (Å²) in [5.74, 6) is -0.312. The second-order valence-electron chi connectivity index (χ2n) is 6.91.